The first-order chi connectivity index (χ1) is 16.4. The maximum atomic E-state index is 13.1. The van der Waals surface area contributed by atoms with E-state index in [1.54, 1.807) is 6.92 Å². The van der Waals surface area contributed by atoms with Gasteiger partial charge in [-0.15, -0.1) is 0 Å². The van der Waals surface area contributed by atoms with Crippen molar-refractivity contribution in [3.05, 3.63) is 59.7 Å². The van der Waals surface area contributed by atoms with Crippen LogP contribution in [0, 0.1) is 0 Å². The van der Waals surface area contributed by atoms with Gasteiger partial charge in [0.05, 0.1) is 6.10 Å². The number of benzene rings is 2. The molecule has 1 aliphatic carbocycles. The first-order valence-electron chi connectivity index (χ1n) is 11.2. The number of alkyl carbamates (subject to hydrolysis) is 1. The minimum Gasteiger partial charge on any atom is -0.480 e. The van der Waals surface area contributed by atoms with Crippen molar-refractivity contribution in [3.8, 4) is 11.1 Å². The van der Waals surface area contributed by atoms with Gasteiger partial charge in [-0.1, -0.05) is 48.5 Å². The Balaban J connectivity index is 1.44. The summed E-state index contributed by atoms with van der Waals surface area (Å²) in [5, 5.41) is 12.2. The number of thioether (sulfide) groups is 1. The molecular weight excluding hydrogens is 456 g/mol. The number of fused-ring (bicyclic) bond motifs is 3. The lowest BCUT2D eigenvalue weighted by Crippen LogP contribution is -2.53. The number of nitrogens with one attached hydrogen (secondary N) is 1. The molecule has 0 unspecified atom stereocenters. The lowest BCUT2D eigenvalue weighted by Gasteiger charge is -2.26. The summed E-state index contributed by atoms with van der Waals surface area (Å²) < 4.78 is 11.0. The number of carbonyl (C=O) groups is 3. The van der Waals surface area contributed by atoms with Gasteiger partial charge in [0, 0.05) is 5.92 Å². The second-order valence-corrected chi connectivity index (χ2v) is 9.38. The highest BCUT2D eigenvalue weighted by atomic mass is 32.2. The number of carboxylic acid groups (broad SMARTS) is 1. The van der Waals surface area contributed by atoms with Gasteiger partial charge in [0.15, 0.2) is 6.04 Å². The van der Waals surface area contributed by atoms with Crippen molar-refractivity contribution in [2.45, 2.75) is 37.5 Å². The Morgan fingerprint density at radius 2 is 1.76 bits per heavy atom. The van der Waals surface area contributed by atoms with Crippen LogP contribution in [0.4, 0.5) is 4.79 Å². The smallest absolute Gasteiger partial charge is 0.407 e. The van der Waals surface area contributed by atoms with Crippen LogP contribution in [0.1, 0.15) is 30.4 Å². The number of carboxylic acids is 1. The van der Waals surface area contributed by atoms with Gasteiger partial charge in [0.2, 0.25) is 5.91 Å². The number of amides is 2. The van der Waals surface area contributed by atoms with Gasteiger partial charge in [-0.25, -0.2) is 9.59 Å². The fraction of sp³-hybridized carbons (Fsp3) is 0.400. The molecule has 3 atom stereocenters. The van der Waals surface area contributed by atoms with E-state index in [4.69, 9.17) is 9.47 Å². The molecule has 1 aliphatic heterocycles. The third kappa shape index (κ3) is 4.76. The molecule has 2 amide bonds. The van der Waals surface area contributed by atoms with Crippen molar-refractivity contribution < 1.29 is 29.0 Å². The summed E-state index contributed by atoms with van der Waals surface area (Å²) in [7, 11) is 0. The van der Waals surface area contributed by atoms with Gasteiger partial charge in [-0.2, -0.15) is 11.8 Å². The highest BCUT2D eigenvalue weighted by Gasteiger charge is 2.43. The van der Waals surface area contributed by atoms with Gasteiger partial charge in [0.25, 0.3) is 0 Å². The van der Waals surface area contributed by atoms with E-state index in [-0.39, 0.29) is 19.3 Å². The summed E-state index contributed by atoms with van der Waals surface area (Å²) in [5.74, 6) is -1.10. The largest absolute Gasteiger partial charge is 0.480 e. The van der Waals surface area contributed by atoms with E-state index in [9.17, 15) is 19.5 Å². The molecule has 9 heteroatoms. The van der Waals surface area contributed by atoms with Gasteiger partial charge < -0.3 is 24.8 Å². The second kappa shape index (κ2) is 10.5. The summed E-state index contributed by atoms with van der Waals surface area (Å²) in [4.78, 5) is 38.7. The fourth-order valence-electron chi connectivity index (χ4n) is 4.63. The summed E-state index contributed by atoms with van der Waals surface area (Å²) >= 11 is 1.53. The molecule has 1 fully saturated rings. The van der Waals surface area contributed by atoms with Gasteiger partial charge in [-0.05, 0) is 47.6 Å². The zero-order valence-electron chi connectivity index (χ0n) is 19.1. The standard InChI is InChI=1S/C25H28N2O6S/c1-15-22(24(29)30)27(14-33-15)23(28)21(11-12-34-2)26-25(31)32-13-20-18-9-5-3-7-16(18)17-8-4-6-10-19(17)20/h3-10,15,20-22H,11-14H2,1-2H3,(H,26,31)(H,29,30)/t15-,21+,22+/m1/s1. The van der Waals surface area contributed by atoms with E-state index >= 15 is 0 Å². The number of aliphatic carboxylic acids is 1. The first-order valence-corrected chi connectivity index (χ1v) is 12.6. The third-order valence-electron chi connectivity index (χ3n) is 6.34. The van der Waals surface area contributed by atoms with E-state index in [1.165, 1.54) is 16.7 Å². The van der Waals surface area contributed by atoms with Crippen molar-refractivity contribution in [3.63, 3.8) is 0 Å². The van der Waals surface area contributed by atoms with Crippen molar-refractivity contribution in [2.24, 2.45) is 0 Å². The third-order valence-corrected chi connectivity index (χ3v) is 6.98. The van der Waals surface area contributed by atoms with Crippen molar-refractivity contribution in [1.82, 2.24) is 10.2 Å². The minimum atomic E-state index is -1.14. The van der Waals surface area contributed by atoms with E-state index in [1.807, 2.05) is 42.7 Å². The van der Waals surface area contributed by atoms with Crippen LogP contribution < -0.4 is 5.32 Å². The molecule has 34 heavy (non-hydrogen) atoms. The topological polar surface area (TPSA) is 105 Å². The van der Waals surface area contributed by atoms with Crippen molar-refractivity contribution >= 4 is 29.7 Å². The lowest BCUT2D eigenvalue weighted by molar-refractivity contribution is -0.149. The Bertz CT molecular complexity index is 1030. The fourth-order valence-corrected chi connectivity index (χ4v) is 5.10. The molecule has 0 bridgehead atoms. The van der Waals surface area contributed by atoms with Crippen LogP contribution in [0.5, 0.6) is 0 Å². The van der Waals surface area contributed by atoms with Gasteiger partial charge in [0.1, 0.15) is 19.4 Å². The van der Waals surface area contributed by atoms with Crippen molar-refractivity contribution in [1.29, 1.82) is 0 Å². The predicted molar refractivity (Wildman–Crippen MR) is 129 cm³/mol. The number of hydrogen-bond acceptors (Lipinski definition) is 6. The summed E-state index contributed by atoms with van der Waals surface area (Å²) in [6.45, 7) is 1.62. The average molecular weight is 485 g/mol. The molecule has 1 heterocycles. The Morgan fingerprint density at radius 1 is 1.15 bits per heavy atom. The quantitative estimate of drug-likeness (QED) is 0.592. The second-order valence-electron chi connectivity index (χ2n) is 8.40. The molecule has 180 valence electrons. The molecule has 0 saturated carbocycles. The van der Waals surface area contributed by atoms with Crippen LogP contribution in [0.25, 0.3) is 11.1 Å². The normalized spacial score (nSPS) is 19.9. The van der Waals surface area contributed by atoms with Crippen LogP contribution in [-0.2, 0) is 19.1 Å². The van der Waals surface area contributed by atoms with E-state index < -0.39 is 36.2 Å². The number of hydrogen-bond donors (Lipinski definition) is 2. The molecule has 0 spiro atoms. The average Bonchev–Trinajstić information content (AvgIpc) is 3.38. The number of rotatable bonds is 8. The Kier molecular flexibility index (Phi) is 7.43. The highest BCUT2D eigenvalue weighted by Crippen LogP contribution is 2.44. The summed E-state index contributed by atoms with van der Waals surface area (Å²) in [5.41, 5.74) is 4.45. The van der Waals surface area contributed by atoms with Gasteiger partial charge in [-0.3, -0.25) is 4.79 Å². The molecule has 0 radical (unpaired) electrons. The molecular formula is C25H28N2O6S. The van der Waals surface area contributed by atoms with Crippen LogP contribution in [0.3, 0.4) is 0 Å². The van der Waals surface area contributed by atoms with Crippen LogP contribution in [0.2, 0.25) is 0 Å². The lowest BCUT2D eigenvalue weighted by atomic mass is 9.98. The number of nitrogens with zero attached hydrogens (tertiary/aromatic N) is 1. The molecule has 2 aliphatic rings. The van der Waals surface area contributed by atoms with Crippen molar-refractivity contribution in [2.75, 3.05) is 25.3 Å². The summed E-state index contributed by atoms with van der Waals surface area (Å²) in [6, 6.07) is 14.1. The number of ether oxygens (including phenoxy) is 2. The molecule has 0 aromatic heterocycles. The maximum absolute atomic E-state index is 13.1. The summed E-state index contributed by atoms with van der Waals surface area (Å²) in [6.07, 6.45) is 0.913. The monoisotopic (exact) mass is 484 g/mol. The Morgan fingerprint density at radius 3 is 2.35 bits per heavy atom. The molecule has 2 aromatic rings. The SMILES string of the molecule is CSCC[C@H](NC(=O)OCC1c2ccccc2-c2ccccc21)C(=O)N1CO[C@H](C)[C@H]1C(=O)O. The van der Waals surface area contributed by atoms with E-state index in [0.29, 0.717) is 12.2 Å². The van der Waals surface area contributed by atoms with E-state index in [0.717, 1.165) is 22.3 Å². The minimum absolute atomic E-state index is 0.0947. The highest BCUT2D eigenvalue weighted by molar-refractivity contribution is 7.98. The molecule has 1 saturated heterocycles. The van der Waals surface area contributed by atoms with Crippen LogP contribution in [-0.4, -0.2) is 71.5 Å². The molecule has 2 N–H and O–H groups in total. The maximum Gasteiger partial charge on any atom is 0.407 e. The molecule has 8 nitrogen and oxygen atoms in total. The zero-order valence-corrected chi connectivity index (χ0v) is 19.9. The Labute approximate surface area is 202 Å². The number of carbonyl (C=O) groups excluding carboxylic acids is 2. The molecule has 4 rings (SSSR count). The Hall–Kier alpha value is -3.04. The van der Waals surface area contributed by atoms with E-state index in [2.05, 4.69) is 17.4 Å². The predicted octanol–water partition coefficient (Wildman–Crippen LogP) is 3.30. The molecule has 2 aromatic carbocycles. The first kappa shape index (κ1) is 24.1. The van der Waals surface area contributed by atoms with Crippen LogP contribution >= 0.6 is 11.8 Å². The van der Waals surface area contributed by atoms with Gasteiger partial charge >= 0.3 is 12.1 Å². The zero-order chi connectivity index (χ0) is 24.2. The van der Waals surface area contributed by atoms with Crippen LogP contribution in [0.15, 0.2) is 48.5 Å².